The molecule has 1 heterocycles. The van der Waals surface area contributed by atoms with Crippen LogP contribution in [0.4, 0.5) is 8.78 Å². The summed E-state index contributed by atoms with van der Waals surface area (Å²) >= 11 is -2.43. The van der Waals surface area contributed by atoms with Gasteiger partial charge in [0.2, 0.25) is 11.1 Å². The van der Waals surface area contributed by atoms with Crippen LogP contribution in [0, 0.1) is 6.92 Å². The van der Waals surface area contributed by atoms with Crippen LogP contribution in [-0.4, -0.2) is 18.5 Å². The molecule has 7 heteroatoms. The van der Waals surface area contributed by atoms with Gasteiger partial charge >= 0.3 is 0 Å². The zero-order valence-electron chi connectivity index (χ0n) is 6.99. The summed E-state index contributed by atoms with van der Waals surface area (Å²) in [5, 5.41) is 3.30. The van der Waals surface area contributed by atoms with Crippen LogP contribution in [0.25, 0.3) is 0 Å². The lowest BCUT2D eigenvalue weighted by Gasteiger charge is -2.00. The van der Waals surface area contributed by atoms with Crippen LogP contribution >= 0.6 is 0 Å². The summed E-state index contributed by atoms with van der Waals surface area (Å²) in [6.45, 7) is 1.37. The maximum absolute atomic E-state index is 12.4. The summed E-state index contributed by atoms with van der Waals surface area (Å²) in [4.78, 5) is 0. The Bertz CT molecular complexity index is 351. The van der Waals surface area contributed by atoms with Gasteiger partial charge in [0.15, 0.2) is 5.03 Å². The predicted molar refractivity (Wildman–Crippen MR) is 41.9 cm³/mol. The normalized spacial score (nSPS) is 13.7. The van der Waals surface area contributed by atoms with E-state index in [-0.39, 0.29) is 10.7 Å². The maximum atomic E-state index is 12.4. The topological polar surface area (TPSA) is 55.1 Å². The fourth-order valence-corrected chi connectivity index (χ4v) is 1.80. The molecule has 0 bridgehead atoms. The third-order valence-electron chi connectivity index (χ3n) is 1.60. The van der Waals surface area contributed by atoms with Crippen LogP contribution in [0.1, 0.15) is 17.7 Å². The minimum atomic E-state index is -2.78. The first-order chi connectivity index (χ1) is 5.95. The summed E-state index contributed by atoms with van der Waals surface area (Å²) in [6.07, 6.45) is -2.78. The van der Waals surface area contributed by atoms with Crippen molar-refractivity contribution >= 4 is 11.1 Å². The first-order valence-corrected chi connectivity index (χ1v) is 4.48. The van der Waals surface area contributed by atoms with E-state index in [1.165, 1.54) is 14.0 Å². The zero-order valence-corrected chi connectivity index (χ0v) is 7.81. The van der Waals surface area contributed by atoms with E-state index in [1.807, 2.05) is 0 Å². The molecule has 1 aromatic heterocycles. The van der Waals surface area contributed by atoms with E-state index >= 15 is 0 Å². The SMILES string of the molecule is Cc1nn(C)c(S(=O)O)c1C(F)F. The number of rotatable bonds is 2. The van der Waals surface area contributed by atoms with Gasteiger partial charge in [0.1, 0.15) is 0 Å². The molecule has 1 rings (SSSR count). The molecular weight excluding hydrogens is 202 g/mol. The second-order valence-corrected chi connectivity index (χ2v) is 3.36. The highest BCUT2D eigenvalue weighted by Gasteiger charge is 2.24. The zero-order chi connectivity index (χ0) is 10.2. The molecule has 13 heavy (non-hydrogen) atoms. The van der Waals surface area contributed by atoms with Gasteiger partial charge < -0.3 is 4.55 Å². The molecule has 0 saturated heterocycles. The number of alkyl halides is 2. The summed E-state index contributed by atoms with van der Waals surface area (Å²) < 4.78 is 45.1. The number of aryl methyl sites for hydroxylation is 2. The van der Waals surface area contributed by atoms with Crippen molar-refractivity contribution in [1.29, 1.82) is 0 Å². The van der Waals surface area contributed by atoms with Crippen molar-refractivity contribution in [2.24, 2.45) is 7.05 Å². The first kappa shape index (κ1) is 10.3. The second kappa shape index (κ2) is 3.51. The molecule has 0 saturated carbocycles. The van der Waals surface area contributed by atoms with Crippen molar-refractivity contribution < 1.29 is 17.5 Å². The molecule has 0 radical (unpaired) electrons. The van der Waals surface area contributed by atoms with Crippen molar-refractivity contribution in [2.75, 3.05) is 0 Å². The average molecular weight is 210 g/mol. The lowest BCUT2D eigenvalue weighted by atomic mass is 10.3. The third kappa shape index (κ3) is 1.75. The van der Waals surface area contributed by atoms with Gasteiger partial charge in [-0.2, -0.15) is 5.10 Å². The lowest BCUT2D eigenvalue weighted by molar-refractivity contribution is 0.146. The summed E-state index contributed by atoms with van der Waals surface area (Å²) in [6, 6.07) is 0. The van der Waals surface area contributed by atoms with Crippen LogP contribution in [-0.2, 0) is 18.1 Å². The Labute approximate surface area is 75.8 Å². The Kier molecular flexibility index (Phi) is 2.77. The third-order valence-corrected chi connectivity index (χ3v) is 2.41. The molecule has 0 aromatic carbocycles. The summed E-state index contributed by atoms with van der Waals surface area (Å²) in [5.74, 6) is 0. The molecule has 74 valence electrons. The number of hydrogen-bond acceptors (Lipinski definition) is 2. The molecule has 0 spiro atoms. The molecule has 1 unspecified atom stereocenters. The van der Waals surface area contributed by atoms with E-state index in [0.717, 1.165) is 4.68 Å². The highest BCUT2D eigenvalue weighted by Crippen LogP contribution is 2.27. The Morgan fingerprint density at radius 1 is 1.62 bits per heavy atom. The van der Waals surface area contributed by atoms with E-state index in [0.29, 0.717) is 0 Å². The lowest BCUT2D eigenvalue weighted by Crippen LogP contribution is -2.02. The predicted octanol–water partition coefficient (Wildman–Crippen LogP) is 1.25. The summed E-state index contributed by atoms with van der Waals surface area (Å²) in [5.41, 5.74) is -0.377. The van der Waals surface area contributed by atoms with Gasteiger partial charge in [-0.1, -0.05) is 0 Å². The number of nitrogens with zero attached hydrogens (tertiary/aromatic N) is 2. The van der Waals surface area contributed by atoms with Crippen LogP contribution < -0.4 is 0 Å². The van der Waals surface area contributed by atoms with Gasteiger partial charge in [0.05, 0.1) is 11.3 Å². The average Bonchev–Trinajstić information content (AvgIpc) is 2.24. The minimum absolute atomic E-state index is 0.0786. The number of halogens is 2. The molecule has 0 aliphatic heterocycles. The Morgan fingerprint density at radius 2 is 2.15 bits per heavy atom. The highest BCUT2D eigenvalue weighted by atomic mass is 32.2. The van der Waals surface area contributed by atoms with E-state index in [4.69, 9.17) is 4.55 Å². The van der Waals surface area contributed by atoms with E-state index in [1.54, 1.807) is 0 Å². The van der Waals surface area contributed by atoms with Crippen LogP contribution in [0.15, 0.2) is 5.03 Å². The number of aromatic nitrogens is 2. The monoisotopic (exact) mass is 210 g/mol. The molecule has 1 N–H and O–H groups in total. The van der Waals surface area contributed by atoms with E-state index < -0.39 is 23.1 Å². The second-order valence-electron chi connectivity index (χ2n) is 2.48. The molecular formula is C6H8F2N2O2S. The van der Waals surface area contributed by atoms with Crippen molar-refractivity contribution in [1.82, 2.24) is 9.78 Å². The van der Waals surface area contributed by atoms with Gasteiger partial charge in [-0.3, -0.25) is 4.68 Å². The van der Waals surface area contributed by atoms with Gasteiger partial charge in [0, 0.05) is 7.05 Å². The quantitative estimate of drug-likeness (QED) is 0.747. The molecule has 1 atom stereocenters. The van der Waals surface area contributed by atoms with Crippen LogP contribution in [0.2, 0.25) is 0 Å². The minimum Gasteiger partial charge on any atom is -0.301 e. The van der Waals surface area contributed by atoms with Crippen LogP contribution in [0.5, 0.6) is 0 Å². The van der Waals surface area contributed by atoms with Crippen LogP contribution in [0.3, 0.4) is 0 Å². The van der Waals surface area contributed by atoms with Crippen molar-refractivity contribution in [2.45, 2.75) is 18.4 Å². The first-order valence-electron chi connectivity index (χ1n) is 3.37. The number of hydrogen-bond donors (Lipinski definition) is 1. The van der Waals surface area contributed by atoms with Gasteiger partial charge in [-0.15, -0.1) is 0 Å². The van der Waals surface area contributed by atoms with E-state index in [9.17, 15) is 13.0 Å². The Balaban J connectivity index is 3.38. The van der Waals surface area contributed by atoms with Gasteiger partial charge in [-0.05, 0) is 6.92 Å². The fourth-order valence-electron chi connectivity index (χ4n) is 1.11. The van der Waals surface area contributed by atoms with E-state index in [2.05, 4.69) is 5.10 Å². The Hall–Kier alpha value is -0.820. The molecule has 4 nitrogen and oxygen atoms in total. The maximum Gasteiger partial charge on any atom is 0.268 e. The molecule has 0 amide bonds. The molecule has 1 aromatic rings. The highest BCUT2D eigenvalue weighted by molar-refractivity contribution is 7.79. The molecule has 0 aliphatic rings. The summed E-state index contributed by atoms with van der Waals surface area (Å²) in [7, 11) is 1.35. The fraction of sp³-hybridized carbons (Fsp3) is 0.500. The Morgan fingerprint density at radius 3 is 2.46 bits per heavy atom. The molecule has 0 aliphatic carbocycles. The molecule has 0 fully saturated rings. The largest absolute Gasteiger partial charge is 0.301 e. The van der Waals surface area contributed by atoms with Gasteiger partial charge in [-0.25, -0.2) is 13.0 Å². The van der Waals surface area contributed by atoms with Crippen molar-refractivity contribution in [3.63, 3.8) is 0 Å². The smallest absolute Gasteiger partial charge is 0.268 e. The standard InChI is InChI=1S/C6H8F2N2O2S/c1-3-4(5(7)8)6(13(11)12)10(2)9-3/h5H,1-2H3,(H,11,12). The van der Waals surface area contributed by atoms with Crippen molar-refractivity contribution in [3.8, 4) is 0 Å². The van der Waals surface area contributed by atoms with Gasteiger partial charge in [0.25, 0.3) is 6.43 Å². The van der Waals surface area contributed by atoms with Crippen molar-refractivity contribution in [3.05, 3.63) is 11.3 Å².